The summed E-state index contributed by atoms with van der Waals surface area (Å²) in [5.74, 6) is 0. The average molecular weight is 281 g/mol. The summed E-state index contributed by atoms with van der Waals surface area (Å²) in [6, 6.07) is 4.85. The van der Waals surface area contributed by atoms with E-state index >= 15 is 0 Å². The summed E-state index contributed by atoms with van der Waals surface area (Å²) in [4.78, 5) is 26.9. The summed E-state index contributed by atoms with van der Waals surface area (Å²) in [7, 11) is 0. The molecule has 1 aromatic carbocycles. The number of halogens is 1. The Morgan fingerprint density at radius 2 is 2.26 bits per heavy atom. The molecule has 0 saturated carbocycles. The van der Waals surface area contributed by atoms with Crippen molar-refractivity contribution in [2.75, 3.05) is 6.61 Å². The first kappa shape index (κ1) is 12.4. The molecule has 2 heterocycles. The van der Waals surface area contributed by atoms with Gasteiger partial charge in [-0.05, 0) is 31.0 Å². The van der Waals surface area contributed by atoms with Crippen LogP contribution < -0.4 is 11.2 Å². The van der Waals surface area contributed by atoms with Gasteiger partial charge in [-0.3, -0.25) is 9.36 Å². The molecular formula is C13H13ClN2O3. The number of benzene rings is 1. The van der Waals surface area contributed by atoms with E-state index in [9.17, 15) is 9.59 Å². The molecule has 0 spiro atoms. The first-order valence-electron chi connectivity index (χ1n) is 6.19. The van der Waals surface area contributed by atoms with Gasteiger partial charge in [-0.1, -0.05) is 11.6 Å². The minimum atomic E-state index is -0.421. The third-order valence-electron chi connectivity index (χ3n) is 3.35. The molecule has 0 amide bonds. The average Bonchev–Trinajstić information content (AvgIpc) is 2.87. The topological polar surface area (TPSA) is 64.1 Å². The van der Waals surface area contributed by atoms with E-state index in [1.54, 1.807) is 18.2 Å². The Bertz CT molecular complexity index is 729. The predicted molar refractivity (Wildman–Crippen MR) is 72.8 cm³/mol. The van der Waals surface area contributed by atoms with Crippen LogP contribution >= 0.6 is 11.6 Å². The van der Waals surface area contributed by atoms with E-state index in [0.717, 1.165) is 12.8 Å². The fourth-order valence-corrected chi connectivity index (χ4v) is 2.56. The van der Waals surface area contributed by atoms with Gasteiger partial charge in [0, 0.05) is 11.6 Å². The summed E-state index contributed by atoms with van der Waals surface area (Å²) in [5.41, 5.74) is -0.257. The monoisotopic (exact) mass is 280 g/mol. The lowest BCUT2D eigenvalue weighted by Crippen LogP contribution is -2.38. The van der Waals surface area contributed by atoms with E-state index in [2.05, 4.69) is 4.98 Å². The van der Waals surface area contributed by atoms with Gasteiger partial charge in [-0.25, -0.2) is 4.79 Å². The molecule has 2 aromatic rings. The zero-order chi connectivity index (χ0) is 13.4. The minimum absolute atomic E-state index is 0.0523. The van der Waals surface area contributed by atoms with Crippen LogP contribution in [0.1, 0.15) is 12.8 Å². The molecule has 1 N–H and O–H groups in total. The molecule has 100 valence electrons. The highest BCUT2D eigenvalue weighted by Crippen LogP contribution is 2.15. The number of H-pyrrole nitrogens is 1. The molecule has 0 radical (unpaired) electrons. The van der Waals surface area contributed by atoms with Crippen molar-refractivity contribution in [1.29, 1.82) is 0 Å². The molecule has 1 aromatic heterocycles. The standard InChI is InChI=1S/C13H13ClN2O3/c14-8-3-4-10-11(6-8)15-13(18)16(12(10)17)7-9-2-1-5-19-9/h3-4,6,9H,1-2,5,7H2,(H,15,18)/t9-/m1/s1. The molecule has 0 aliphatic carbocycles. The van der Waals surface area contributed by atoms with Crippen molar-refractivity contribution in [3.05, 3.63) is 44.1 Å². The zero-order valence-corrected chi connectivity index (χ0v) is 10.9. The minimum Gasteiger partial charge on any atom is -0.376 e. The maximum atomic E-state index is 12.3. The van der Waals surface area contributed by atoms with E-state index in [-0.39, 0.29) is 11.7 Å². The first-order chi connectivity index (χ1) is 9.15. The van der Waals surface area contributed by atoms with Crippen LogP contribution in [-0.4, -0.2) is 22.3 Å². The summed E-state index contributed by atoms with van der Waals surface area (Å²) in [6.07, 6.45) is 1.80. The van der Waals surface area contributed by atoms with E-state index in [0.29, 0.717) is 29.1 Å². The van der Waals surface area contributed by atoms with Crippen LogP contribution in [0.15, 0.2) is 27.8 Å². The lowest BCUT2D eigenvalue weighted by molar-refractivity contribution is 0.0952. The lowest BCUT2D eigenvalue weighted by atomic mass is 10.2. The number of ether oxygens (including phenoxy) is 1. The SMILES string of the molecule is O=c1[nH]c2cc(Cl)ccc2c(=O)n1C[C@H]1CCCO1. The molecule has 0 bridgehead atoms. The number of nitrogens with one attached hydrogen (secondary N) is 1. The van der Waals surface area contributed by atoms with Gasteiger partial charge >= 0.3 is 5.69 Å². The zero-order valence-electron chi connectivity index (χ0n) is 10.2. The van der Waals surface area contributed by atoms with Crippen molar-refractivity contribution < 1.29 is 4.74 Å². The second-order valence-electron chi connectivity index (χ2n) is 4.67. The number of aromatic amines is 1. The number of aromatic nitrogens is 2. The van der Waals surface area contributed by atoms with E-state index in [1.165, 1.54) is 4.57 Å². The first-order valence-corrected chi connectivity index (χ1v) is 6.57. The van der Waals surface area contributed by atoms with Gasteiger partial charge in [0.2, 0.25) is 0 Å². The third kappa shape index (κ3) is 2.31. The number of rotatable bonds is 2. The highest BCUT2D eigenvalue weighted by atomic mass is 35.5. The quantitative estimate of drug-likeness (QED) is 0.907. The summed E-state index contributed by atoms with van der Waals surface area (Å²) < 4.78 is 6.67. The Morgan fingerprint density at radius 1 is 1.42 bits per heavy atom. The Balaban J connectivity index is 2.11. The molecule has 0 unspecified atom stereocenters. The van der Waals surface area contributed by atoms with Crippen LogP contribution in [0, 0.1) is 0 Å². The van der Waals surface area contributed by atoms with Gasteiger partial charge in [0.05, 0.1) is 23.6 Å². The van der Waals surface area contributed by atoms with E-state index in [1.807, 2.05) is 0 Å². The van der Waals surface area contributed by atoms with E-state index in [4.69, 9.17) is 16.3 Å². The molecule has 1 fully saturated rings. The second-order valence-corrected chi connectivity index (χ2v) is 5.11. The Kier molecular flexibility index (Phi) is 3.16. The lowest BCUT2D eigenvalue weighted by Gasteiger charge is -2.11. The van der Waals surface area contributed by atoms with Gasteiger partial charge in [0.1, 0.15) is 0 Å². The summed E-state index contributed by atoms with van der Waals surface area (Å²) in [6.45, 7) is 0.993. The number of fused-ring (bicyclic) bond motifs is 1. The maximum absolute atomic E-state index is 12.3. The van der Waals surface area contributed by atoms with Crippen LogP contribution in [-0.2, 0) is 11.3 Å². The molecule has 1 aliphatic heterocycles. The highest BCUT2D eigenvalue weighted by molar-refractivity contribution is 6.31. The molecule has 3 rings (SSSR count). The summed E-state index contributed by atoms with van der Waals surface area (Å²) in [5, 5.41) is 0.946. The summed E-state index contributed by atoms with van der Waals surface area (Å²) >= 11 is 5.85. The van der Waals surface area contributed by atoms with Gasteiger partial charge in [0.15, 0.2) is 0 Å². The molecule has 1 saturated heterocycles. The second kappa shape index (κ2) is 4.83. The Morgan fingerprint density at radius 3 is 3.00 bits per heavy atom. The fourth-order valence-electron chi connectivity index (χ4n) is 2.38. The number of hydrogen-bond acceptors (Lipinski definition) is 3. The van der Waals surface area contributed by atoms with Crippen molar-refractivity contribution in [2.45, 2.75) is 25.5 Å². The Labute approximate surface area is 113 Å². The van der Waals surface area contributed by atoms with Crippen molar-refractivity contribution in [2.24, 2.45) is 0 Å². The van der Waals surface area contributed by atoms with Crippen molar-refractivity contribution >= 4 is 22.5 Å². The number of hydrogen-bond donors (Lipinski definition) is 1. The van der Waals surface area contributed by atoms with Crippen molar-refractivity contribution in [3.8, 4) is 0 Å². The third-order valence-corrected chi connectivity index (χ3v) is 3.59. The van der Waals surface area contributed by atoms with Crippen LogP contribution in [0.25, 0.3) is 10.9 Å². The smallest absolute Gasteiger partial charge is 0.328 e. The number of nitrogens with zero attached hydrogens (tertiary/aromatic N) is 1. The molecular weight excluding hydrogens is 268 g/mol. The molecule has 5 nitrogen and oxygen atoms in total. The van der Waals surface area contributed by atoms with Crippen LogP contribution in [0.2, 0.25) is 5.02 Å². The molecule has 1 atom stereocenters. The van der Waals surface area contributed by atoms with Crippen LogP contribution in [0.4, 0.5) is 0 Å². The van der Waals surface area contributed by atoms with Gasteiger partial charge in [-0.15, -0.1) is 0 Å². The molecule has 1 aliphatic rings. The fraction of sp³-hybridized carbons (Fsp3) is 0.385. The van der Waals surface area contributed by atoms with Gasteiger partial charge < -0.3 is 9.72 Å². The maximum Gasteiger partial charge on any atom is 0.328 e. The highest BCUT2D eigenvalue weighted by Gasteiger charge is 2.18. The van der Waals surface area contributed by atoms with E-state index < -0.39 is 5.69 Å². The van der Waals surface area contributed by atoms with Crippen LogP contribution in [0.5, 0.6) is 0 Å². The Hall–Kier alpha value is -1.59. The van der Waals surface area contributed by atoms with Crippen molar-refractivity contribution in [3.63, 3.8) is 0 Å². The van der Waals surface area contributed by atoms with Crippen LogP contribution in [0.3, 0.4) is 0 Å². The normalized spacial score (nSPS) is 19.1. The molecule has 19 heavy (non-hydrogen) atoms. The largest absolute Gasteiger partial charge is 0.376 e. The van der Waals surface area contributed by atoms with Crippen molar-refractivity contribution in [1.82, 2.24) is 9.55 Å². The molecule has 6 heteroatoms. The van der Waals surface area contributed by atoms with Gasteiger partial charge in [0.25, 0.3) is 5.56 Å². The predicted octanol–water partition coefficient (Wildman–Crippen LogP) is 1.52. The van der Waals surface area contributed by atoms with Gasteiger partial charge in [-0.2, -0.15) is 0 Å².